The highest BCUT2D eigenvalue weighted by atomic mass is 16.2. The van der Waals surface area contributed by atoms with Crippen molar-refractivity contribution in [2.45, 2.75) is 20.3 Å². The third kappa shape index (κ3) is 5.03. The van der Waals surface area contributed by atoms with Gasteiger partial charge in [0.05, 0.1) is 12.0 Å². The number of hydrogen-bond acceptors (Lipinski definition) is 4. The van der Waals surface area contributed by atoms with E-state index < -0.39 is 0 Å². The van der Waals surface area contributed by atoms with Gasteiger partial charge >= 0.3 is 0 Å². The smallest absolute Gasteiger partial charge is 0.272 e. The van der Waals surface area contributed by atoms with Crippen LogP contribution in [0, 0.1) is 6.92 Å². The molecule has 1 heterocycles. The van der Waals surface area contributed by atoms with E-state index in [1.54, 1.807) is 25.3 Å². The lowest BCUT2D eigenvalue weighted by Crippen LogP contribution is -2.21. The molecule has 1 aromatic carbocycles. The number of hydrogen-bond donors (Lipinski definition) is 2. The van der Waals surface area contributed by atoms with Gasteiger partial charge in [0.1, 0.15) is 0 Å². The van der Waals surface area contributed by atoms with Crippen molar-refractivity contribution in [2.75, 3.05) is 5.32 Å². The molecule has 0 aliphatic rings. The molecule has 0 fully saturated rings. The number of anilines is 1. The first-order valence-electron chi connectivity index (χ1n) is 7.15. The third-order valence-electron chi connectivity index (χ3n) is 3.11. The molecule has 0 spiro atoms. The molecule has 0 aliphatic carbocycles. The highest BCUT2D eigenvalue weighted by Gasteiger charge is 2.07. The number of aromatic nitrogens is 1. The van der Waals surface area contributed by atoms with Crippen LogP contribution in [0.3, 0.4) is 0 Å². The number of carbonyl (C=O) groups excluding carboxylic acids is 2. The van der Waals surface area contributed by atoms with Crippen molar-refractivity contribution in [1.29, 1.82) is 0 Å². The zero-order valence-corrected chi connectivity index (χ0v) is 13.0. The van der Waals surface area contributed by atoms with Crippen LogP contribution in [0.2, 0.25) is 0 Å². The molecule has 23 heavy (non-hydrogen) atoms. The van der Waals surface area contributed by atoms with Crippen molar-refractivity contribution in [2.24, 2.45) is 5.10 Å². The molecular formula is C17H18N4O2. The number of aryl methyl sites for hydroxylation is 1. The zero-order chi connectivity index (χ0) is 16.7. The summed E-state index contributed by atoms with van der Waals surface area (Å²) in [5.41, 5.74) is 5.08. The second kappa shape index (κ2) is 7.84. The topological polar surface area (TPSA) is 83.5 Å². The first-order valence-corrected chi connectivity index (χ1v) is 7.15. The van der Waals surface area contributed by atoms with Gasteiger partial charge in [-0.1, -0.05) is 18.2 Å². The summed E-state index contributed by atoms with van der Waals surface area (Å²) in [6.07, 6.45) is 3.13. The van der Waals surface area contributed by atoms with Gasteiger partial charge in [0.15, 0.2) is 0 Å². The lowest BCUT2D eigenvalue weighted by Gasteiger charge is -2.08. The van der Waals surface area contributed by atoms with Crippen LogP contribution >= 0.6 is 0 Å². The Morgan fingerprint density at radius 1 is 1.17 bits per heavy atom. The Hall–Kier alpha value is -3.02. The molecule has 1 aromatic heterocycles. The minimum absolute atomic E-state index is 0.0989. The molecule has 6 heteroatoms. The van der Waals surface area contributed by atoms with Crippen LogP contribution in [0.25, 0.3) is 0 Å². The second-order valence-electron chi connectivity index (χ2n) is 5.07. The van der Waals surface area contributed by atoms with Gasteiger partial charge in [-0.15, -0.1) is 0 Å². The Morgan fingerprint density at radius 3 is 2.65 bits per heavy atom. The Kier molecular flexibility index (Phi) is 5.57. The molecular weight excluding hydrogens is 292 g/mol. The third-order valence-corrected chi connectivity index (χ3v) is 3.11. The number of rotatable bonds is 5. The van der Waals surface area contributed by atoms with Gasteiger partial charge < -0.3 is 5.32 Å². The SMILES string of the molecule is CC(CC(=O)Nc1ccccc1C)=NNC(=O)c1cccnc1. The molecule has 6 nitrogen and oxygen atoms in total. The monoisotopic (exact) mass is 310 g/mol. The summed E-state index contributed by atoms with van der Waals surface area (Å²) in [5.74, 6) is -0.548. The maximum Gasteiger partial charge on any atom is 0.272 e. The molecule has 0 radical (unpaired) electrons. The molecule has 2 N–H and O–H groups in total. The number of carbonyl (C=O) groups is 2. The standard InChI is InChI=1S/C17H18N4O2/c1-12-6-3-4-8-15(12)19-16(22)10-13(2)20-21-17(23)14-7-5-9-18-11-14/h3-9,11H,10H2,1-2H3,(H,19,22)(H,21,23). The van der Waals surface area contributed by atoms with Crippen molar-refractivity contribution in [3.8, 4) is 0 Å². The number of nitrogens with zero attached hydrogens (tertiary/aromatic N) is 2. The van der Waals surface area contributed by atoms with E-state index in [0.717, 1.165) is 11.3 Å². The number of pyridine rings is 1. The minimum Gasteiger partial charge on any atom is -0.326 e. The van der Waals surface area contributed by atoms with E-state index in [-0.39, 0.29) is 18.2 Å². The molecule has 0 atom stereocenters. The van der Waals surface area contributed by atoms with E-state index in [9.17, 15) is 9.59 Å². The van der Waals surface area contributed by atoms with E-state index in [0.29, 0.717) is 11.3 Å². The average Bonchev–Trinajstić information content (AvgIpc) is 2.55. The normalized spacial score (nSPS) is 11.0. The summed E-state index contributed by atoms with van der Waals surface area (Å²) in [6, 6.07) is 10.8. The van der Waals surface area contributed by atoms with Gasteiger partial charge in [-0.05, 0) is 37.6 Å². The van der Waals surface area contributed by atoms with Crippen LogP contribution in [0.1, 0.15) is 29.3 Å². The Balaban J connectivity index is 1.88. The number of amides is 2. The largest absolute Gasteiger partial charge is 0.326 e. The van der Waals surface area contributed by atoms with Gasteiger partial charge in [-0.3, -0.25) is 14.6 Å². The van der Waals surface area contributed by atoms with Gasteiger partial charge in [-0.2, -0.15) is 5.10 Å². The Bertz CT molecular complexity index is 726. The number of hydrazone groups is 1. The average molecular weight is 310 g/mol. The quantitative estimate of drug-likeness (QED) is 0.657. The summed E-state index contributed by atoms with van der Waals surface area (Å²) in [4.78, 5) is 27.6. The van der Waals surface area contributed by atoms with E-state index in [4.69, 9.17) is 0 Å². The lowest BCUT2D eigenvalue weighted by molar-refractivity contribution is -0.115. The second-order valence-corrected chi connectivity index (χ2v) is 5.07. The fourth-order valence-corrected chi connectivity index (χ4v) is 1.89. The first-order chi connectivity index (χ1) is 11.1. The van der Waals surface area contributed by atoms with E-state index in [2.05, 4.69) is 20.8 Å². The predicted octanol–water partition coefficient (Wildman–Crippen LogP) is 2.52. The minimum atomic E-state index is -0.364. The van der Waals surface area contributed by atoms with Crippen molar-refractivity contribution in [1.82, 2.24) is 10.4 Å². The highest BCUT2D eigenvalue weighted by molar-refractivity contribution is 6.06. The van der Waals surface area contributed by atoms with Crippen LogP contribution in [-0.2, 0) is 4.79 Å². The van der Waals surface area contributed by atoms with Crippen LogP contribution in [0.4, 0.5) is 5.69 Å². The Morgan fingerprint density at radius 2 is 1.96 bits per heavy atom. The molecule has 2 amide bonds. The number of para-hydroxylation sites is 1. The first kappa shape index (κ1) is 16.4. The summed E-state index contributed by atoms with van der Waals surface area (Å²) in [5, 5.41) is 6.75. The summed E-state index contributed by atoms with van der Waals surface area (Å²) in [6.45, 7) is 3.60. The Labute approximate surface area is 134 Å². The summed E-state index contributed by atoms with van der Waals surface area (Å²) < 4.78 is 0. The molecule has 0 saturated carbocycles. The fourth-order valence-electron chi connectivity index (χ4n) is 1.89. The summed E-state index contributed by atoms with van der Waals surface area (Å²) >= 11 is 0. The molecule has 0 unspecified atom stereocenters. The van der Waals surface area contributed by atoms with Crippen LogP contribution in [-0.4, -0.2) is 22.5 Å². The molecule has 0 aliphatic heterocycles. The van der Waals surface area contributed by atoms with Crippen molar-refractivity contribution in [3.05, 3.63) is 59.9 Å². The fraction of sp³-hybridized carbons (Fsp3) is 0.176. The highest BCUT2D eigenvalue weighted by Crippen LogP contribution is 2.13. The molecule has 2 aromatic rings. The molecule has 2 rings (SSSR count). The predicted molar refractivity (Wildman–Crippen MR) is 89.2 cm³/mol. The maximum atomic E-state index is 12.0. The van der Waals surface area contributed by atoms with E-state index in [1.807, 2.05) is 31.2 Å². The molecule has 0 bridgehead atoms. The van der Waals surface area contributed by atoms with E-state index >= 15 is 0 Å². The maximum absolute atomic E-state index is 12.0. The van der Waals surface area contributed by atoms with E-state index in [1.165, 1.54) is 6.20 Å². The van der Waals surface area contributed by atoms with Gasteiger partial charge in [0.25, 0.3) is 5.91 Å². The van der Waals surface area contributed by atoms with Crippen molar-refractivity contribution < 1.29 is 9.59 Å². The van der Waals surface area contributed by atoms with Crippen molar-refractivity contribution >= 4 is 23.2 Å². The zero-order valence-electron chi connectivity index (χ0n) is 13.0. The lowest BCUT2D eigenvalue weighted by atomic mass is 10.2. The van der Waals surface area contributed by atoms with Gasteiger partial charge in [-0.25, -0.2) is 5.43 Å². The molecule has 118 valence electrons. The number of benzene rings is 1. The van der Waals surface area contributed by atoms with Gasteiger partial charge in [0, 0.05) is 23.8 Å². The number of nitrogens with one attached hydrogen (secondary N) is 2. The van der Waals surface area contributed by atoms with Crippen LogP contribution in [0.5, 0.6) is 0 Å². The summed E-state index contributed by atoms with van der Waals surface area (Å²) in [7, 11) is 0. The van der Waals surface area contributed by atoms with Gasteiger partial charge in [0.2, 0.25) is 5.91 Å². The van der Waals surface area contributed by atoms with Crippen LogP contribution in [0.15, 0.2) is 53.9 Å². The van der Waals surface area contributed by atoms with Crippen molar-refractivity contribution in [3.63, 3.8) is 0 Å². The molecule has 0 saturated heterocycles. The van der Waals surface area contributed by atoms with Crippen LogP contribution < -0.4 is 10.7 Å².